The highest BCUT2D eigenvalue weighted by Crippen LogP contribution is 2.44. The zero-order chi connectivity index (χ0) is 19.0. The SMILES string of the molecule is Cc1ccc([C@@H](O)CN2CCC3(CC2)C[C@@H](O)c2cc(C)ccc2O3)cc1. The number of aliphatic hydroxyl groups excluding tert-OH is 2. The molecule has 2 aliphatic heterocycles. The van der Waals surface area contributed by atoms with Crippen LogP contribution < -0.4 is 4.74 Å². The van der Waals surface area contributed by atoms with E-state index in [0.29, 0.717) is 13.0 Å². The molecule has 0 saturated carbocycles. The van der Waals surface area contributed by atoms with Crippen molar-refractivity contribution in [2.24, 2.45) is 0 Å². The van der Waals surface area contributed by atoms with Gasteiger partial charge in [-0.25, -0.2) is 0 Å². The summed E-state index contributed by atoms with van der Waals surface area (Å²) in [6, 6.07) is 14.1. The molecule has 2 aromatic carbocycles. The molecule has 1 saturated heterocycles. The molecular formula is C23H29NO3. The van der Waals surface area contributed by atoms with Gasteiger partial charge >= 0.3 is 0 Å². The van der Waals surface area contributed by atoms with Crippen molar-refractivity contribution in [3.05, 3.63) is 64.7 Å². The maximum absolute atomic E-state index is 10.7. The van der Waals surface area contributed by atoms with Gasteiger partial charge in [-0.15, -0.1) is 0 Å². The van der Waals surface area contributed by atoms with E-state index in [4.69, 9.17) is 4.74 Å². The highest BCUT2D eigenvalue weighted by molar-refractivity contribution is 5.41. The Bertz CT molecular complexity index is 794. The second kappa shape index (κ2) is 7.27. The molecule has 4 heteroatoms. The maximum Gasteiger partial charge on any atom is 0.125 e. The Labute approximate surface area is 161 Å². The normalized spacial score (nSPS) is 22.9. The van der Waals surface area contributed by atoms with Gasteiger partial charge in [0.25, 0.3) is 0 Å². The van der Waals surface area contributed by atoms with Crippen LogP contribution >= 0.6 is 0 Å². The summed E-state index contributed by atoms with van der Waals surface area (Å²) in [7, 11) is 0. The lowest BCUT2D eigenvalue weighted by Crippen LogP contribution is -2.51. The highest BCUT2D eigenvalue weighted by Gasteiger charge is 2.43. The van der Waals surface area contributed by atoms with Crippen LogP contribution in [0.4, 0.5) is 0 Å². The average molecular weight is 367 g/mol. The fourth-order valence-corrected chi connectivity index (χ4v) is 4.35. The number of hydrogen-bond donors (Lipinski definition) is 2. The van der Waals surface area contributed by atoms with Gasteiger partial charge in [-0.2, -0.15) is 0 Å². The van der Waals surface area contributed by atoms with Gasteiger partial charge in [-0.3, -0.25) is 0 Å². The van der Waals surface area contributed by atoms with Gasteiger partial charge in [0.05, 0.1) is 12.2 Å². The summed E-state index contributed by atoms with van der Waals surface area (Å²) < 4.78 is 6.39. The molecule has 1 fully saturated rings. The molecule has 4 nitrogen and oxygen atoms in total. The van der Waals surface area contributed by atoms with Gasteiger partial charge in [0, 0.05) is 31.6 Å². The van der Waals surface area contributed by atoms with Gasteiger partial charge in [-0.1, -0.05) is 41.5 Å². The van der Waals surface area contributed by atoms with E-state index in [9.17, 15) is 10.2 Å². The standard InChI is InChI=1S/C23H29NO3/c1-16-3-6-18(7-4-16)21(26)15-24-11-9-23(10-12-24)14-20(25)19-13-17(2)5-8-22(19)27-23/h3-8,13,20-21,25-26H,9-12,14-15H2,1-2H3/t20-,21+/m1/s1. The van der Waals surface area contributed by atoms with E-state index in [0.717, 1.165) is 48.4 Å². The minimum absolute atomic E-state index is 0.285. The summed E-state index contributed by atoms with van der Waals surface area (Å²) in [6.45, 7) is 6.47. The Morgan fingerprint density at radius 2 is 1.74 bits per heavy atom. The van der Waals surface area contributed by atoms with Crippen LogP contribution in [-0.4, -0.2) is 40.3 Å². The molecule has 144 valence electrons. The topological polar surface area (TPSA) is 52.9 Å². The smallest absolute Gasteiger partial charge is 0.125 e. The maximum atomic E-state index is 10.7. The first kappa shape index (κ1) is 18.5. The van der Waals surface area contributed by atoms with Crippen molar-refractivity contribution in [3.63, 3.8) is 0 Å². The largest absolute Gasteiger partial charge is 0.487 e. The molecule has 2 N–H and O–H groups in total. The zero-order valence-corrected chi connectivity index (χ0v) is 16.2. The number of likely N-dealkylation sites (tertiary alicyclic amines) is 1. The molecule has 27 heavy (non-hydrogen) atoms. The first-order valence-corrected chi connectivity index (χ1v) is 9.89. The summed E-state index contributed by atoms with van der Waals surface area (Å²) >= 11 is 0. The van der Waals surface area contributed by atoms with Gasteiger partial charge in [0.1, 0.15) is 11.4 Å². The first-order valence-electron chi connectivity index (χ1n) is 9.89. The van der Waals surface area contributed by atoms with Crippen molar-refractivity contribution in [3.8, 4) is 5.75 Å². The molecule has 0 aromatic heterocycles. The van der Waals surface area contributed by atoms with Gasteiger partial charge in [0.2, 0.25) is 0 Å². The van der Waals surface area contributed by atoms with Gasteiger partial charge in [0.15, 0.2) is 0 Å². The van der Waals surface area contributed by atoms with E-state index in [2.05, 4.69) is 11.8 Å². The first-order chi connectivity index (χ1) is 12.9. The molecule has 0 bridgehead atoms. The van der Waals surface area contributed by atoms with Gasteiger partial charge < -0.3 is 19.8 Å². The summed E-state index contributed by atoms with van der Waals surface area (Å²) in [5, 5.41) is 21.2. The fraction of sp³-hybridized carbons (Fsp3) is 0.478. The third-order valence-corrected chi connectivity index (χ3v) is 6.08. The lowest BCUT2D eigenvalue weighted by atomic mass is 9.81. The van der Waals surface area contributed by atoms with Crippen LogP contribution in [0.25, 0.3) is 0 Å². The Morgan fingerprint density at radius 1 is 1.07 bits per heavy atom. The minimum Gasteiger partial charge on any atom is -0.487 e. The number of β-amino-alcohol motifs (C(OH)–C–C–N with tert-alkyl or cyclic N) is 1. The van der Waals surface area contributed by atoms with Crippen LogP contribution in [0.3, 0.4) is 0 Å². The average Bonchev–Trinajstić information content (AvgIpc) is 2.65. The molecular weight excluding hydrogens is 338 g/mol. The second-order valence-electron chi connectivity index (χ2n) is 8.27. The monoisotopic (exact) mass is 367 g/mol. The number of hydrogen-bond acceptors (Lipinski definition) is 4. The molecule has 2 atom stereocenters. The van der Waals surface area contributed by atoms with E-state index in [1.54, 1.807) is 0 Å². The van der Waals surface area contributed by atoms with Crippen LogP contribution in [0.15, 0.2) is 42.5 Å². The molecule has 2 aliphatic rings. The number of aliphatic hydroxyl groups is 2. The van der Waals surface area contributed by atoms with Crippen LogP contribution in [0.5, 0.6) is 5.75 Å². The molecule has 0 aliphatic carbocycles. The molecule has 4 rings (SSSR count). The van der Waals surface area contributed by atoms with Gasteiger partial charge in [-0.05, 0) is 44.4 Å². The number of benzene rings is 2. The Hall–Kier alpha value is -1.88. The number of nitrogens with zero attached hydrogens (tertiary/aromatic N) is 1. The Morgan fingerprint density at radius 3 is 2.44 bits per heavy atom. The molecule has 0 radical (unpaired) electrons. The van der Waals surface area contributed by atoms with E-state index in [1.165, 1.54) is 5.56 Å². The Kier molecular flexibility index (Phi) is 4.97. The number of fused-ring (bicyclic) bond motifs is 1. The summed E-state index contributed by atoms with van der Waals surface area (Å²) in [5.41, 5.74) is 3.95. The molecule has 2 heterocycles. The third kappa shape index (κ3) is 3.88. The third-order valence-electron chi connectivity index (χ3n) is 6.08. The lowest BCUT2D eigenvalue weighted by Gasteiger charge is -2.46. The predicted molar refractivity (Wildman–Crippen MR) is 106 cm³/mol. The molecule has 2 aromatic rings. The summed E-state index contributed by atoms with van der Waals surface area (Å²) in [5.74, 6) is 0.826. The molecule has 1 spiro atoms. The predicted octanol–water partition coefficient (Wildman–Crippen LogP) is 3.69. The fourth-order valence-electron chi connectivity index (χ4n) is 4.35. The minimum atomic E-state index is -0.471. The zero-order valence-electron chi connectivity index (χ0n) is 16.2. The number of rotatable bonds is 3. The van der Waals surface area contributed by atoms with Crippen LogP contribution in [0, 0.1) is 13.8 Å². The van der Waals surface area contributed by atoms with Crippen molar-refractivity contribution in [1.82, 2.24) is 4.90 Å². The summed E-state index contributed by atoms with van der Waals surface area (Å²) in [4.78, 5) is 2.30. The van der Waals surface area contributed by atoms with E-state index >= 15 is 0 Å². The number of ether oxygens (including phenoxy) is 1. The number of piperidine rings is 1. The van der Waals surface area contributed by atoms with Crippen LogP contribution in [-0.2, 0) is 0 Å². The van der Waals surface area contributed by atoms with Crippen LogP contribution in [0.1, 0.15) is 53.7 Å². The lowest BCUT2D eigenvalue weighted by molar-refractivity contribution is -0.0588. The molecule has 0 amide bonds. The van der Waals surface area contributed by atoms with Crippen molar-refractivity contribution < 1.29 is 14.9 Å². The van der Waals surface area contributed by atoms with Crippen molar-refractivity contribution >= 4 is 0 Å². The van der Waals surface area contributed by atoms with Crippen molar-refractivity contribution in [2.75, 3.05) is 19.6 Å². The van der Waals surface area contributed by atoms with Crippen molar-refractivity contribution in [2.45, 2.75) is 50.9 Å². The summed E-state index contributed by atoms with van der Waals surface area (Å²) in [6.07, 6.45) is 1.47. The van der Waals surface area contributed by atoms with E-state index in [1.807, 2.05) is 49.4 Å². The Balaban J connectivity index is 1.39. The molecule has 0 unspecified atom stereocenters. The highest BCUT2D eigenvalue weighted by atomic mass is 16.5. The van der Waals surface area contributed by atoms with E-state index < -0.39 is 12.2 Å². The quantitative estimate of drug-likeness (QED) is 0.869. The van der Waals surface area contributed by atoms with Crippen molar-refractivity contribution in [1.29, 1.82) is 0 Å². The van der Waals surface area contributed by atoms with Crippen LogP contribution in [0.2, 0.25) is 0 Å². The number of aryl methyl sites for hydroxylation is 2. The van der Waals surface area contributed by atoms with E-state index in [-0.39, 0.29) is 5.60 Å². The second-order valence-corrected chi connectivity index (χ2v) is 8.27.